The van der Waals surface area contributed by atoms with Crippen LogP contribution in [-0.2, 0) is 4.74 Å². The molecule has 27 heavy (non-hydrogen) atoms. The summed E-state index contributed by atoms with van der Waals surface area (Å²) in [4.78, 5) is 20.0. The molecule has 1 fully saturated rings. The predicted octanol–water partition coefficient (Wildman–Crippen LogP) is 5.50. The van der Waals surface area contributed by atoms with Crippen molar-refractivity contribution >= 4 is 48.5 Å². The first kappa shape index (κ1) is 18.6. The smallest absolute Gasteiger partial charge is 0.261 e. The van der Waals surface area contributed by atoms with E-state index < -0.39 is 0 Å². The number of amides is 1. The second-order valence-corrected chi connectivity index (χ2v) is 8.74. The van der Waals surface area contributed by atoms with Gasteiger partial charge < -0.3 is 4.74 Å². The molecule has 0 saturated carbocycles. The molecule has 1 atom stereocenters. The van der Waals surface area contributed by atoms with Gasteiger partial charge in [0.15, 0.2) is 5.13 Å². The van der Waals surface area contributed by atoms with Crippen LogP contribution in [0.4, 0.5) is 5.13 Å². The number of ether oxygens (including phenoxy) is 1. The Kier molecular flexibility index (Phi) is 5.30. The number of carbonyl (C=O) groups is 1. The van der Waals surface area contributed by atoms with Gasteiger partial charge in [-0.3, -0.25) is 9.69 Å². The van der Waals surface area contributed by atoms with Gasteiger partial charge in [0.05, 0.1) is 28.4 Å². The summed E-state index contributed by atoms with van der Waals surface area (Å²) in [6.45, 7) is 5.44. The van der Waals surface area contributed by atoms with Crippen molar-refractivity contribution in [3.8, 4) is 0 Å². The van der Waals surface area contributed by atoms with Crippen LogP contribution in [-0.4, -0.2) is 30.1 Å². The number of hydrogen-bond donors (Lipinski definition) is 0. The van der Waals surface area contributed by atoms with E-state index in [-0.39, 0.29) is 12.0 Å². The number of hydrogen-bond acceptors (Lipinski definition) is 4. The van der Waals surface area contributed by atoms with Crippen LogP contribution in [0.1, 0.15) is 34.3 Å². The monoisotopic (exact) mass is 444 g/mol. The molecule has 2 heterocycles. The third-order valence-corrected chi connectivity index (χ3v) is 6.83. The summed E-state index contributed by atoms with van der Waals surface area (Å²) >= 11 is 5.09. The first-order chi connectivity index (χ1) is 13.0. The highest BCUT2D eigenvalue weighted by Crippen LogP contribution is 2.35. The topological polar surface area (TPSA) is 42.4 Å². The minimum Gasteiger partial charge on any atom is -0.376 e. The predicted molar refractivity (Wildman–Crippen MR) is 114 cm³/mol. The van der Waals surface area contributed by atoms with E-state index in [4.69, 9.17) is 9.72 Å². The summed E-state index contributed by atoms with van der Waals surface area (Å²) in [5.41, 5.74) is 3.93. The number of fused-ring (bicyclic) bond motifs is 1. The Labute approximate surface area is 171 Å². The van der Waals surface area contributed by atoms with E-state index in [1.807, 2.05) is 24.3 Å². The molecule has 1 aromatic heterocycles. The van der Waals surface area contributed by atoms with Crippen LogP contribution in [0.3, 0.4) is 0 Å². The maximum Gasteiger partial charge on any atom is 0.261 e. The van der Waals surface area contributed by atoms with E-state index in [9.17, 15) is 4.79 Å². The second kappa shape index (κ2) is 7.70. The Bertz CT molecular complexity index is 956. The molecule has 0 bridgehead atoms. The molecule has 1 aliphatic rings. The van der Waals surface area contributed by atoms with Crippen LogP contribution < -0.4 is 4.90 Å². The number of halogens is 1. The van der Waals surface area contributed by atoms with E-state index in [1.165, 1.54) is 5.56 Å². The largest absolute Gasteiger partial charge is 0.376 e. The van der Waals surface area contributed by atoms with E-state index in [1.54, 1.807) is 16.2 Å². The van der Waals surface area contributed by atoms with Gasteiger partial charge in [0.25, 0.3) is 5.91 Å². The van der Waals surface area contributed by atoms with Crippen molar-refractivity contribution < 1.29 is 9.53 Å². The number of aryl methyl sites for hydroxylation is 2. The van der Waals surface area contributed by atoms with Gasteiger partial charge in [-0.15, -0.1) is 0 Å². The molecule has 140 valence electrons. The highest BCUT2D eigenvalue weighted by Gasteiger charge is 2.28. The zero-order valence-corrected chi connectivity index (χ0v) is 17.8. The van der Waals surface area contributed by atoms with Crippen LogP contribution in [0, 0.1) is 13.8 Å². The van der Waals surface area contributed by atoms with Crippen LogP contribution >= 0.6 is 27.3 Å². The average Bonchev–Trinajstić information content (AvgIpc) is 3.33. The quantitative estimate of drug-likeness (QED) is 0.533. The van der Waals surface area contributed by atoms with E-state index in [0.717, 1.165) is 44.8 Å². The van der Waals surface area contributed by atoms with Crippen molar-refractivity contribution in [1.29, 1.82) is 0 Å². The normalized spacial score (nSPS) is 16.8. The molecule has 3 aromatic rings. The zero-order valence-electron chi connectivity index (χ0n) is 15.4. The van der Waals surface area contributed by atoms with Crippen LogP contribution in [0.15, 0.2) is 40.9 Å². The first-order valence-corrected chi connectivity index (χ1v) is 10.7. The second-order valence-electron chi connectivity index (χ2n) is 6.90. The Hall–Kier alpha value is -1.76. The summed E-state index contributed by atoms with van der Waals surface area (Å²) in [5, 5.41) is 0.735. The van der Waals surface area contributed by atoms with Gasteiger partial charge in [-0.2, -0.15) is 0 Å². The fourth-order valence-corrected chi connectivity index (χ4v) is 4.96. The molecule has 2 aromatic carbocycles. The molecule has 4 nitrogen and oxygen atoms in total. The molecule has 1 saturated heterocycles. The molecule has 0 aliphatic carbocycles. The summed E-state index contributed by atoms with van der Waals surface area (Å²) < 4.78 is 7.75. The third-order valence-electron chi connectivity index (χ3n) is 4.92. The van der Waals surface area contributed by atoms with Crippen LogP contribution in [0.5, 0.6) is 0 Å². The van der Waals surface area contributed by atoms with Gasteiger partial charge in [0, 0.05) is 11.1 Å². The molecule has 6 heteroatoms. The van der Waals surface area contributed by atoms with E-state index in [2.05, 4.69) is 41.9 Å². The maximum absolute atomic E-state index is 13.4. The number of aromatic nitrogens is 1. The molecule has 4 rings (SSSR count). The molecular formula is C21H21BrN2O2S. The summed E-state index contributed by atoms with van der Waals surface area (Å²) in [5.74, 6) is -0.0488. The lowest BCUT2D eigenvalue weighted by Gasteiger charge is -2.23. The number of carbonyl (C=O) groups excluding carboxylic acids is 1. The van der Waals surface area contributed by atoms with E-state index in [0.29, 0.717) is 12.1 Å². The highest BCUT2D eigenvalue weighted by molar-refractivity contribution is 9.10. The lowest BCUT2D eigenvalue weighted by Crippen LogP contribution is -2.37. The molecule has 0 spiro atoms. The minimum absolute atomic E-state index is 0.0488. The van der Waals surface area contributed by atoms with Gasteiger partial charge in [0.2, 0.25) is 0 Å². The van der Waals surface area contributed by atoms with Crippen molar-refractivity contribution in [3.63, 3.8) is 0 Å². The number of nitrogens with zero attached hydrogens (tertiary/aromatic N) is 2. The number of thiazole rings is 1. The van der Waals surface area contributed by atoms with Crippen molar-refractivity contribution in [1.82, 2.24) is 4.98 Å². The fraction of sp³-hybridized carbons (Fsp3) is 0.333. The van der Waals surface area contributed by atoms with Crippen molar-refractivity contribution in [2.45, 2.75) is 32.8 Å². The molecule has 0 radical (unpaired) electrons. The SMILES string of the molecule is Cc1ccc(C)c2sc(N(C[C@@H]3CCCO3)C(=O)c3ccccc3Br)nc12. The van der Waals surface area contributed by atoms with Crippen LogP contribution in [0.2, 0.25) is 0 Å². The lowest BCUT2D eigenvalue weighted by molar-refractivity contribution is 0.0917. The first-order valence-electron chi connectivity index (χ1n) is 9.09. The Morgan fingerprint density at radius 1 is 1.26 bits per heavy atom. The molecule has 1 amide bonds. The van der Waals surface area contributed by atoms with Gasteiger partial charge in [0.1, 0.15) is 0 Å². The van der Waals surface area contributed by atoms with Crippen molar-refractivity contribution in [2.75, 3.05) is 18.1 Å². The fourth-order valence-electron chi connectivity index (χ4n) is 3.38. The summed E-state index contributed by atoms with van der Waals surface area (Å²) in [6.07, 6.45) is 2.08. The molecular weight excluding hydrogens is 424 g/mol. The van der Waals surface area contributed by atoms with Gasteiger partial charge in [-0.1, -0.05) is 35.6 Å². The third kappa shape index (κ3) is 3.66. The lowest BCUT2D eigenvalue weighted by atomic mass is 10.1. The Morgan fingerprint density at radius 3 is 2.74 bits per heavy atom. The van der Waals surface area contributed by atoms with Gasteiger partial charge in [-0.25, -0.2) is 4.98 Å². The minimum atomic E-state index is -0.0488. The molecule has 1 aliphatic heterocycles. The van der Waals surface area contributed by atoms with Crippen LogP contribution in [0.25, 0.3) is 10.2 Å². The number of benzene rings is 2. The molecule has 0 N–H and O–H groups in total. The summed E-state index contributed by atoms with van der Waals surface area (Å²) in [6, 6.07) is 11.7. The number of anilines is 1. The highest BCUT2D eigenvalue weighted by atomic mass is 79.9. The van der Waals surface area contributed by atoms with Crippen molar-refractivity contribution in [3.05, 3.63) is 57.6 Å². The average molecular weight is 445 g/mol. The Morgan fingerprint density at radius 2 is 2.04 bits per heavy atom. The summed E-state index contributed by atoms with van der Waals surface area (Å²) in [7, 11) is 0. The molecule has 0 unspecified atom stereocenters. The zero-order chi connectivity index (χ0) is 19.0. The van der Waals surface area contributed by atoms with Gasteiger partial charge >= 0.3 is 0 Å². The maximum atomic E-state index is 13.4. The van der Waals surface area contributed by atoms with E-state index >= 15 is 0 Å². The van der Waals surface area contributed by atoms with Crippen molar-refractivity contribution in [2.24, 2.45) is 0 Å². The standard InChI is InChI=1S/C21H21BrN2O2S/c1-13-9-10-14(2)19-18(13)23-21(27-19)24(12-15-6-5-11-26-15)20(25)16-7-3-4-8-17(16)22/h3-4,7-10,15H,5-6,11-12H2,1-2H3/t15-/m0/s1. The Balaban J connectivity index is 1.78. The number of rotatable bonds is 4. The van der Waals surface area contributed by atoms with Gasteiger partial charge in [-0.05, 0) is 65.9 Å².